The number of para-hydroxylation sites is 1. The van der Waals surface area contributed by atoms with E-state index < -0.39 is 0 Å². The fraction of sp³-hybridized carbons (Fsp3) is 0.652. The fourth-order valence-corrected chi connectivity index (χ4v) is 7.19. The van der Waals surface area contributed by atoms with Gasteiger partial charge < -0.3 is 19.3 Å². The molecule has 1 saturated carbocycles. The van der Waals surface area contributed by atoms with Gasteiger partial charge in [-0.05, 0) is 50.9 Å². The van der Waals surface area contributed by atoms with Crippen molar-refractivity contribution in [3.05, 3.63) is 29.8 Å². The van der Waals surface area contributed by atoms with Gasteiger partial charge in [-0.3, -0.25) is 9.59 Å². The first-order valence-corrected chi connectivity index (χ1v) is 10.7. The summed E-state index contributed by atoms with van der Waals surface area (Å²) in [5.74, 6) is -0.143. The Labute approximate surface area is 172 Å². The van der Waals surface area contributed by atoms with Crippen molar-refractivity contribution in [3.63, 3.8) is 0 Å². The van der Waals surface area contributed by atoms with Crippen LogP contribution in [0.2, 0.25) is 0 Å². The maximum atomic E-state index is 12.9. The molecule has 3 aliphatic heterocycles. The molecule has 1 aromatic rings. The molecule has 6 heteroatoms. The molecule has 1 aromatic carbocycles. The Morgan fingerprint density at radius 1 is 1.24 bits per heavy atom. The summed E-state index contributed by atoms with van der Waals surface area (Å²) in [5.41, 5.74) is 2.24. The summed E-state index contributed by atoms with van der Waals surface area (Å²) in [6, 6.07) is 8.72. The molecule has 2 saturated heterocycles. The van der Waals surface area contributed by atoms with E-state index in [1.165, 1.54) is 12.7 Å². The van der Waals surface area contributed by atoms with E-state index in [1.807, 2.05) is 17.9 Å². The number of hydrogen-bond acceptors (Lipinski definition) is 5. The molecular weight excluding hydrogens is 368 g/mol. The van der Waals surface area contributed by atoms with Crippen LogP contribution in [0.15, 0.2) is 24.3 Å². The lowest BCUT2D eigenvalue weighted by molar-refractivity contribution is -0.172. The number of likely N-dealkylation sites (tertiary alicyclic amines) is 1. The summed E-state index contributed by atoms with van der Waals surface area (Å²) in [5, 5.41) is 0. The second-order valence-electron chi connectivity index (χ2n) is 9.29. The smallest absolute Gasteiger partial charge is 0.311 e. The molecule has 156 valence electrons. The number of benzene rings is 1. The molecule has 5 rings (SSSR count). The van der Waals surface area contributed by atoms with Crippen LogP contribution in [0.5, 0.6) is 0 Å². The van der Waals surface area contributed by atoms with Crippen LogP contribution < -0.4 is 4.90 Å². The molecule has 1 aliphatic carbocycles. The largest absolute Gasteiger partial charge is 0.469 e. The summed E-state index contributed by atoms with van der Waals surface area (Å²) in [6.07, 6.45) is 1.80. The standard InChI is InChI=1S/C23H30N2O4/c1-13-20(22(27)28-4)15-11-19-23(9-10-24(19)3)17-7-5-6-8-18(17)25(14(2)26)21(23)16(15)12-29-13/h5-8,13,15-16,19-21H,9-12H2,1-4H3/t13-,15-,16-,19-,20+,21+,23-/m1/s1. The Balaban J connectivity index is 1.69. The number of nitrogens with zero attached hydrogens (tertiary/aromatic N) is 2. The average Bonchev–Trinajstić information content (AvgIpc) is 3.20. The van der Waals surface area contributed by atoms with Gasteiger partial charge >= 0.3 is 5.97 Å². The van der Waals surface area contributed by atoms with Gasteiger partial charge in [-0.25, -0.2) is 0 Å². The quantitative estimate of drug-likeness (QED) is 0.679. The van der Waals surface area contributed by atoms with Crippen LogP contribution in [0.1, 0.15) is 32.3 Å². The van der Waals surface area contributed by atoms with Crippen LogP contribution in [0.3, 0.4) is 0 Å². The Kier molecular flexibility index (Phi) is 4.30. The molecule has 0 aromatic heterocycles. The number of fused-ring (bicyclic) bond motifs is 3. The third kappa shape index (κ3) is 2.36. The minimum absolute atomic E-state index is 0.0192. The zero-order valence-corrected chi connectivity index (χ0v) is 17.6. The fourth-order valence-electron chi connectivity index (χ4n) is 7.19. The van der Waals surface area contributed by atoms with E-state index >= 15 is 0 Å². The number of ether oxygens (including phenoxy) is 2. The van der Waals surface area contributed by atoms with Crippen molar-refractivity contribution in [2.24, 2.45) is 17.8 Å². The van der Waals surface area contributed by atoms with E-state index in [-0.39, 0.29) is 47.2 Å². The number of esters is 1. The van der Waals surface area contributed by atoms with Gasteiger partial charge in [0.1, 0.15) is 0 Å². The number of amides is 1. The van der Waals surface area contributed by atoms with Crippen molar-refractivity contribution < 1.29 is 19.1 Å². The topological polar surface area (TPSA) is 59.1 Å². The van der Waals surface area contributed by atoms with Gasteiger partial charge in [0.05, 0.1) is 31.8 Å². The highest BCUT2D eigenvalue weighted by atomic mass is 16.5. The zero-order valence-electron chi connectivity index (χ0n) is 17.6. The van der Waals surface area contributed by atoms with Crippen LogP contribution in [-0.4, -0.2) is 62.3 Å². The molecule has 3 fully saturated rings. The number of carbonyl (C=O) groups excluding carboxylic acids is 2. The van der Waals surface area contributed by atoms with Crippen LogP contribution in [-0.2, 0) is 24.5 Å². The molecule has 6 nitrogen and oxygen atoms in total. The van der Waals surface area contributed by atoms with Crippen molar-refractivity contribution in [2.75, 3.05) is 32.2 Å². The minimum Gasteiger partial charge on any atom is -0.469 e. The Morgan fingerprint density at radius 2 is 2.00 bits per heavy atom. The van der Waals surface area contributed by atoms with Crippen LogP contribution >= 0.6 is 0 Å². The number of hydrogen-bond donors (Lipinski definition) is 0. The highest BCUT2D eigenvalue weighted by Crippen LogP contribution is 2.62. The van der Waals surface area contributed by atoms with E-state index in [2.05, 4.69) is 30.1 Å². The summed E-state index contributed by atoms with van der Waals surface area (Å²) in [4.78, 5) is 30.1. The second-order valence-corrected chi connectivity index (χ2v) is 9.29. The van der Waals surface area contributed by atoms with Gasteiger partial charge in [0.25, 0.3) is 0 Å². The lowest BCUT2D eigenvalue weighted by atomic mass is 9.55. The van der Waals surface area contributed by atoms with E-state index in [1.54, 1.807) is 6.92 Å². The molecule has 0 unspecified atom stereocenters. The molecule has 7 atom stereocenters. The van der Waals surface area contributed by atoms with Gasteiger partial charge in [0.2, 0.25) is 5.91 Å². The lowest BCUT2D eigenvalue weighted by Crippen LogP contribution is -2.66. The number of rotatable bonds is 1. The van der Waals surface area contributed by atoms with Crippen LogP contribution in [0, 0.1) is 17.8 Å². The maximum Gasteiger partial charge on any atom is 0.311 e. The predicted octanol–water partition coefficient (Wildman–Crippen LogP) is 2.21. The molecule has 0 radical (unpaired) electrons. The minimum atomic E-state index is -0.289. The maximum absolute atomic E-state index is 12.9. The van der Waals surface area contributed by atoms with Crippen molar-refractivity contribution in [2.45, 2.75) is 50.3 Å². The van der Waals surface area contributed by atoms with E-state index in [9.17, 15) is 9.59 Å². The number of likely N-dealkylation sites (N-methyl/N-ethyl adjacent to an activating group) is 1. The van der Waals surface area contributed by atoms with E-state index in [0.29, 0.717) is 12.6 Å². The Morgan fingerprint density at radius 3 is 2.72 bits per heavy atom. The molecular formula is C23H30N2O4. The summed E-state index contributed by atoms with van der Waals surface area (Å²) < 4.78 is 11.3. The number of methoxy groups -OCH3 is 1. The summed E-state index contributed by atoms with van der Waals surface area (Å²) in [7, 11) is 3.65. The molecule has 0 N–H and O–H groups in total. The van der Waals surface area contributed by atoms with E-state index in [0.717, 1.165) is 25.1 Å². The highest BCUT2D eigenvalue weighted by Gasteiger charge is 2.67. The van der Waals surface area contributed by atoms with Crippen LogP contribution in [0.4, 0.5) is 5.69 Å². The average molecular weight is 399 g/mol. The lowest BCUT2D eigenvalue weighted by Gasteiger charge is -2.56. The molecule has 1 amide bonds. The summed E-state index contributed by atoms with van der Waals surface area (Å²) >= 11 is 0. The van der Waals surface area contributed by atoms with Gasteiger partial charge in [0, 0.05) is 30.0 Å². The number of carbonyl (C=O) groups is 2. The third-order valence-electron chi connectivity index (χ3n) is 8.26. The number of anilines is 1. The highest BCUT2D eigenvalue weighted by molar-refractivity contribution is 5.96. The van der Waals surface area contributed by atoms with E-state index in [4.69, 9.17) is 9.47 Å². The molecule has 29 heavy (non-hydrogen) atoms. The van der Waals surface area contributed by atoms with Crippen molar-refractivity contribution >= 4 is 17.6 Å². The normalized spacial score (nSPS) is 40.6. The Hall–Kier alpha value is -1.92. The third-order valence-corrected chi connectivity index (χ3v) is 8.26. The van der Waals surface area contributed by atoms with Crippen LogP contribution in [0.25, 0.3) is 0 Å². The first kappa shape index (κ1) is 19.1. The van der Waals surface area contributed by atoms with Crippen molar-refractivity contribution in [1.82, 2.24) is 4.90 Å². The SMILES string of the molecule is COC(=O)[C@@H]1[C@@H]2C[C@H]3N(C)CC[C@@]34c3ccccc3N(C(C)=O)[C@H]4[C@@H]2CO[C@@H]1C. The van der Waals surface area contributed by atoms with Gasteiger partial charge in [-0.15, -0.1) is 0 Å². The first-order chi connectivity index (χ1) is 13.9. The monoisotopic (exact) mass is 398 g/mol. The predicted molar refractivity (Wildman–Crippen MR) is 109 cm³/mol. The molecule has 1 spiro atoms. The molecule has 4 aliphatic rings. The second kappa shape index (κ2) is 6.54. The van der Waals surface area contributed by atoms with Crippen molar-refractivity contribution in [3.8, 4) is 0 Å². The summed E-state index contributed by atoms with van der Waals surface area (Å²) in [6.45, 7) is 5.22. The van der Waals surface area contributed by atoms with Gasteiger partial charge in [-0.1, -0.05) is 18.2 Å². The van der Waals surface area contributed by atoms with Gasteiger partial charge in [0.15, 0.2) is 0 Å². The molecule has 0 bridgehead atoms. The Bertz CT molecular complexity index is 857. The molecule has 3 heterocycles. The first-order valence-electron chi connectivity index (χ1n) is 10.7. The van der Waals surface area contributed by atoms with Crippen molar-refractivity contribution in [1.29, 1.82) is 0 Å². The van der Waals surface area contributed by atoms with Gasteiger partial charge in [-0.2, -0.15) is 0 Å². The zero-order chi connectivity index (χ0) is 20.5.